The first-order valence-corrected chi connectivity index (χ1v) is 10.5. The predicted octanol–water partition coefficient (Wildman–Crippen LogP) is 6.03. The molecule has 0 radical (unpaired) electrons. The van der Waals surface area contributed by atoms with Crippen LogP contribution in [0.1, 0.15) is 100 Å². The predicted molar refractivity (Wildman–Crippen MR) is 106 cm³/mol. The number of ether oxygens (including phenoxy) is 2. The lowest BCUT2D eigenvalue weighted by atomic mass is 10.0. The molecule has 1 heterocycles. The molecule has 0 aliphatic carbocycles. The average molecular weight is 381 g/mol. The summed E-state index contributed by atoms with van der Waals surface area (Å²) in [6, 6.07) is 2.95. The quantitative estimate of drug-likeness (QED) is 0.369. The van der Waals surface area contributed by atoms with E-state index in [0.717, 1.165) is 51.4 Å². The Bertz CT molecular complexity index is 502. The smallest absolute Gasteiger partial charge is 0.374 e. The Morgan fingerprint density at radius 3 is 1.56 bits per heavy atom. The van der Waals surface area contributed by atoms with Crippen LogP contribution in [0.5, 0.6) is 0 Å². The molecule has 2 atom stereocenters. The minimum absolute atomic E-state index is 0.0466. The summed E-state index contributed by atoms with van der Waals surface area (Å²) in [4.78, 5) is 24.3. The monoisotopic (exact) mass is 380 g/mol. The summed E-state index contributed by atoms with van der Waals surface area (Å²) in [5.74, 6) is -0.239. The summed E-state index contributed by atoms with van der Waals surface area (Å²) < 4.78 is 16.0. The van der Waals surface area contributed by atoms with Crippen LogP contribution in [0.2, 0.25) is 0 Å². The van der Waals surface area contributed by atoms with E-state index in [1.54, 1.807) is 0 Å². The van der Waals surface area contributed by atoms with Crippen molar-refractivity contribution >= 4 is 11.9 Å². The zero-order valence-electron chi connectivity index (χ0n) is 17.4. The van der Waals surface area contributed by atoms with Crippen molar-refractivity contribution < 1.29 is 23.5 Å². The second-order valence-electron chi connectivity index (χ2n) is 7.19. The van der Waals surface area contributed by atoms with E-state index >= 15 is 0 Å². The lowest BCUT2D eigenvalue weighted by molar-refractivity contribution is 0.0358. The third kappa shape index (κ3) is 8.63. The van der Waals surface area contributed by atoms with E-state index in [4.69, 9.17) is 13.9 Å². The van der Waals surface area contributed by atoms with Gasteiger partial charge in [0.2, 0.25) is 11.5 Å². The third-order valence-electron chi connectivity index (χ3n) is 5.00. The Kier molecular flexibility index (Phi) is 11.5. The third-order valence-corrected chi connectivity index (χ3v) is 5.00. The molecule has 5 heteroatoms. The number of carbonyl (C=O) groups is 2. The largest absolute Gasteiger partial charge is 0.460 e. The van der Waals surface area contributed by atoms with Crippen molar-refractivity contribution in [2.24, 2.45) is 11.8 Å². The Labute approximate surface area is 163 Å². The fraction of sp³-hybridized carbons (Fsp3) is 0.727. The van der Waals surface area contributed by atoms with Gasteiger partial charge in [-0.05, 0) is 36.8 Å². The molecule has 5 nitrogen and oxygen atoms in total. The van der Waals surface area contributed by atoms with Crippen LogP contribution in [0.15, 0.2) is 16.5 Å². The second kappa shape index (κ2) is 13.4. The first-order chi connectivity index (χ1) is 13.0. The fourth-order valence-electron chi connectivity index (χ4n) is 2.88. The Hall–Kier alpha value is -1.78. The molecular weight excluding hydrogens is 344 g/mol. The van der Waals surface area contributed by atoms with Crippen LogP contribution in [0, 0.1) is 11.8 Å². The summed E-state index contributed by atoms with van der Waals surface area (Å²) in [5.41, 5.74) is 0. The molecule has 1 aromatic heterocycles. The van der Waals surface area contributed by atoms with Crippen molar-refractivity contribution in [2.45, 2.75) is 79.1 Å². The van der Waals surface area contributed by atoms with Crippen LogP contribution in [0.3, 0.4) is 0 Å². The van der Waals surface area contributed by atoms with E-state index in [-0.39, 0.29) is 11.5 Å². The maximum Gasteiger partial charge on any atom is 0.374 e. The van der Waals surface area contributed by atoms with Crippen LogP contribution < -0.4 is 0 Å². The van der Waals surface area contributed by atoms with Crippen LogP contribution in [-0.4, -0.2) is 25.2 Å². The van der Waals surface area contributed by atoms with Gasteiger partial charge in [-0.2, -0.15) is 0 Å². The number of hydrogen-bond donors (Lipinski definition) is 0. The summed E-state index contributed by atoms with van der Waals surface area (Å²) >= 11 is 0. The standard InChI is InChI=1S/C22H36O5/c1-5-9-11-17(7-3)15-25-21(23)19-13-14-20(27-19)22(24)26-16-18(8-4)12-10-6-2/h13-14,17-18H,5-12,15-16H2,1-4H3/t17-,18-/m0/s1. The van der Waals surface area contributed by atoms with Crippen molar-refractivity contribution in [1.29, 1.82) is 0 Å². The molecule has 0 unspecified atom stereocenters. The van der Waals surface area contributed by atoms with Crippen LogP contribution >= 0.6 is 0 Å². The molecule has 0 fully saturated rings. The molecular formula is C22H36O5. The van der Waals surface area contributed by atoms with Gasteiger partial charge in [0, 0.05) is 0 Å². The Morgan fingerprint density at radius 1 is 0.815 bits per heavy atom. The van der Waals surface area contributed by atoms with Crippen molar-refractivity contribution in [3.8, 4) is 0 Å². The number of carbonyl (C=O) groups excluding carboxylic acids is 2. The average Bonchev–Trinajstić information content (AvgIpc) is 3.18. The number of hydrogen-bond acceptors (Lipinski definition) is 5. The molecule has 0 amide bonds. The molecule has 1 aromatic rings. The minimum Gasteiger partial charge on any atom is -0.460 e. The zero-order chi connectivity index (χ0) is 20.1. The summed E-state index contributed by atoms with van der Waals surface area (Å²) in [7, 11) is 0. The van der Waals surface area contributed by atoms with Gasteiger partial charge in [0.1, 0.15) is 0 Å². The Morgan fingerprint density at radius 2 is 1.22 bits per heavy atom. The van der Waals surface area contributed by atoms with Gasteiger partial charge in [0.05, 0.1) is 13.2 Å². The summed E-state index contributed by atoms with van der Waals surface area (Å²) in [5, 5.41) is 0. The van der Waals surface area contributed by atoms with E-state index in [2.05, 4.69) is 27.7 Å². The van der Waals surface area contributed by atoms with Crippen LogP contribution in [0.25, 0.3) is 0 Å². The maximum atomic E-state index is 12.1. The normalized spacial score (nSPS) is 13.2. The van der Waals surface area contributed by atoms with Gasteiger partial charge in [0.25, 0.3) is 0 Å². The summed E-state index contributed by atoms with van der Waals surface area (Å²) in [6.07, 6.45) is 8.56. The van der Waals surface area contributed by atoms with E-state index in [1.165, 1.54) is 12.1 Å². The van der Waals surface area contributed by atoms with Gasteiger partial charge in [-0.25, -0.2) is 9.59 Å². The number of esters is 2. The highest BCUT2D eigenvalue weighted by Gasteiger charge is 2.20. The van der Waals surface area contributed by atoms with E-state index in [1.807, 2.05) is 0 Å². The van der Waals surface area contributed by atoms with Gasteiger partial charge in [-0.3, -0.25) is 0 Å². The SMILES string of the molecule is CCCC[C@H](CC)COC(=O)c1ccc(C(=O)OC[C@@H](CC)CCCC)o1. The summed E-state index contributed by atoms with van der Waals surface area (Å²) in [6.45, 7) is 9.25. The molecule has 0 spiro atoms. The van der Waals surface area contributed by atoms with Crippen molar-refractivity contribution in [2.75, 3.05) is 13.2 Å². The highest BCUT2D eigenvalue weighted by Crippen LogP contribution is 2.17. The molecule has 154 valence electrons. The van der Waals surface area contributed by atoms with Crippen LogP contribution in [-0.2, 0) is 9.47 Å². The topological polar surface area (TPSA) is 65.7 Å². The minimum atomic E-state index is -0.529. The molecule has 0 aliphatic rings. The first-order valence-electron chi connectivity index (χ1n) is 10.5. The fourth-order valence-corrected chi connectivity index (χ4v) is 2.88. The number of unbranched alkanes of at least 4 members (excludes halogenated alkanes) is 2. The Balaban J connectivity index is 2.48. The van der Waals surface area contributed by atoms with Crippen LogP contribution in [0.4, 0.5) is 0 Å². The van der Waals surface area contributed by atoms with Crippen molar-refractivity contribution in [3.05, 3.63) is 23.7 Å². The zero-order valence-corrected chi connectivity index (χ0v) is 17.4. The maximum absolute atomic E-state index is 12.1. The molecule has 0 saturated heterocycles. The molecule has 0 saturated carbocycles. The van der Waals surface area contributed by atoms with Gasteiger partial charge >= 0.3 is 11.9 Å². The van der Waals surface area contributed by atoms with Gasteiger partial charge < -0.3 is 13.9 Å². The highest BCUT2D eigenvalue weighted by atomic mass is 16.6. The van der Waals surface area contributed by atoms with Gasteiger partial charge in [-0.15, -0.1) is 0 Å². The molecule has 27 heavy (non-hydrogen) atoms. The second-order valence-corrected chi connectivity index (χ2v) is 7.19. The molecule has 0 bridgehead atoms. The molecule has 0 aliphatic heterocycles. The van der Waals surface area contributed by atoms with Gasteiger partial charge in [-0.1, -0.05) is 66.2 Å². The van der Waals surface area contributed by atoms with E-state index in [0.29, 0.717) is 25.0 Å². The molecule has 1 rings (SSSR count). The van der Waals surface area contributed by atoms with Gasteiger partial charge in [0.15, 0.2) is 0 Å². The molecule has 0 N–H and O–H groups in total. The molecule has 0 aromatic carbocycles. The number of furan rings is 1. The van der Waals surface area contributed by atoms with Crippen molar-refractivity contribution in [3.63, 3.8) is 0 Å². The lowest BCUT2D eigenvalue weighted by Gasteiger charge is -2.14. The highest BCUT2D eigenvalue weighted by molar-refractivity contribution is 5.90. The van der Waals surface area contributed by atoms with E-state index < -0.39 is 11.9 Å². The first kappa shape index (κ1) is 23.3. The number of rotatable bonds is 14. The van der Waals surface area contributed by atoms with E-state index in [9.17, 15) is 9.59 Å². The lowest BCUT2D eigenvalue weighted by Crippen LogP contribution is -2.14. The van der Waals surface area contributed by atoms with Crippen molar-refractivity contribution in [1.82, 2.24) is 0 Å².